The second-order valence-corrected chi connectivity index (χ2v) is 5.45. The highest BCUT2D eigenvalue weighted by molar-refractivity contribution is 9.11. The minimum Gasteiger partial charge on any atom is -0.354 e. The SMILES string of the molecule is CN(Cc1cccnc1)c1ncc(Br)cc1Br. The highest BCUT2D eigenvalue weighted by atomic mass is 79.9. The van der Waals surface area contributed by atoms with Gasteiger partial charge in [-0.15, -0.1) is 0 Å². The second-order valence-electron chi connectivity index (χ2n) is 3.68. The molecule has 0 saturated heterocycles. The van der Waals surface area contributed by atoms with E-state index in [1.807, 2.05) is 25.4 Å². The molecule has 0 N–H and O–H groups in total. The summed E-state index contributed by atoms with van der Waals surface area (Å²) in [5.74, 6) is 0.914. The van der Waals surface area contributed by atoms with Crippen LogP contribution in [0.15, 0.2) is 45.7 Å². The smallest absolute Gasteiger partial charge is 0.142 e. The average molecular weight is 357 g/mol. The van der Waals surface area contributed by atoms with E-state index >= 15 is 0 Å². The van der Waals surface area contributed by atoms with Gasteiger partial charge in [-0.2, -0.15) is 0 Å². The van der Waals surface area contributed by atoms with Crippen LogP contribution >= 0.6 is 31.9 Å². The molecule has 3 nitrogen and oxygen atoms in total. The number of anilines is 1. The Labute approximate surface area is 117 Å². The van der Waals surface area contributed by atoms with Gasteiger partial charge < -0.3 is 4.90 Å². The first kappa shape index (κ1) is 12.5. The van der Waals surface area contributed by atoms with Gasteiger partial charge in [0.25, 0.3) is 0 Å². The minimum absolute atomic E-state index is 0.779. The molecule has 0 radical (unpaired) electrons. The maximum Gasteiger partial charge on any atom is 0.142 e. The molecule has 88 valence electrons. The Hall–Kier alpha value is -0.940. The van der Waals surface area contributed by atoms with Gasteiger partial charge in [0.05, 0.1) is 4.47 Å². The summed E-state index contributed by atoms with van der Waals surface area (Å²) >= 11 is 6.90. The number of pyridine rings is 2. The molecule has 0 aromatic carbocycles. The quantitative estimate of drug-likeness (QED) is 0.840. The lowest BCUT2D eigenvalue weighted by Crippen LogP contribution is -2.18. The van der Waals surface area contributed by atoms with E-state index in [0.717, 1.165) is 26.9 Å². The van der Waals surface area contributed by atoms with Crippen molar-refractivity contribution in [3.05, 3.63) is 51.3 Å². The molecule has 5 heteroatoms. The fourth-order valence-corrected chi connectivity index (χ4v) is 2.82. The molecule has 0 unspecified atom stereocenters. The molecule has 0 bridgehead atoms. The Morgan fingerprint density at radius 2 is 2.12 bits per heavy atom. The molecule has 2 aromatic heterocycles. The Kier molecular flexibility index (Phi) is 4.12. The van der Waals surface area contributed by atoms with Gasteiger partial charge in [0, 0.05) is 36.7 Å². The molecular weight excluding hydrogens is 346 g/mol. The zero-order valence-electron chi connectivity index (χ0n) is 9.27. The number of halogens is 2. The third-order valence-electron chi connectivity index (χ3n) is 2.29. The Bertz CT molecular complexity index is 502. The van der Waals surface area contributed by atoms with Crippen molar-refractivity contribution in [3.8, 4) is 0 Å². The van der Waals surface area contributed by atoms with Gasteiger partial charge in [0.15, 0.2) is 0 Å². The van der Waals surface area contributed by atoms with Gasteiger partial charge in [0.2, 0.25) is 0 Å². The van der Waals surface area contributed by atoms with Crippen LogP contribution in [-0.4, -0.2) is 17.0 Å². The Morgan fingerprint density at radius 3 is 2.76 bits per heavy atom. The summed E-state index contributed by atoms with van der Waals surface area (Å²) in [6, 6.07) is 5.98. The van der Waals surface area contributed by atoms with Gasteiger partial charge >= 0.3 is 0 Å². The van der Waals surface area contributed by atoms with Crippen LogP contribution in [0, 0.1) is 0 Å². The highest BCUT2D eigenvalue weighted by Gasteiger charge is 2.08. The predicted octanol–water partition coefficient (Wildman–Crippen LogP) is 3.64. The number of aromatic nitrogens is 2. The van der Waals surface area contributed by atoms with Gasteiger partial charge in [-0.25, -0.2) is 4.98 Å². The largest absolute Gasteiger partial charge is 0.354 e. The van der Waals surface area contributed by atoms with Crippen molar-refractivity contribution < 1.29 is 0 Å². The van der Waals surface area contributed by atoms with E-state index in [4.69, 9.17) is 0 Å². The van der Waals surface area contributed by atoms with Crippen molar-refractivity contribution in [2.24, 2.45) is 0 Å². The van der Waals surface area contributed by atoms with Crippen LogP contribution in [0.25, 0.3) is 0 Å². The Balaban J connectivity index is 2.17. The van der Waals surface area contributed by atoms with Crippen LogP contribution < -0.4 is 4.90 Å². The summed E-state index contributed by atoms with van der Waals surface area (Å²) in [5.41, 5.74) is 1.16. The lowest BCUT2D eigenvalue weighted by atomic mass is 10.2. The second kappa shape index (κ2) is 5.60. The van der Waals surface area contributed by atoms with E-state index in [0.29, 0.717) is 0 Å². The van der Waals surface area contributed by atoms with Crippen molar-refractivity contribution in [1.82, 2.24) is 9.97 Å². The van der Waals surface area contributed by atoms with Gasteiger partial charge in [0.1, 0.15) is 5.82 Å². The summed E-state index contributed by atoms with van der Waals surface area (Å²) in [5, 5.41) is 0. The molecule has 17 heavy (non-hydrogen) atoms. The van der Waals surface area contributed by atoms with Crippen molar-refractivity contribution in [2.75, 3.05) is 11.9 Å². The highest BCUT2D eigenvalue weighted by Crippen LogP contribution is 2.26. The first-order valence-corrected chi connectivity index (χ1v) is 6.66. The molecule has 0 aliphatic carbocycles. The van der Waals surface area contributed by atoms with E-state index < -0.39 is 0 Å². The summed E-state index contributed by atoms with van der Waals surface area (Å²) < 4.78 is 1.93. The zero-order chi connectivity index (χ0) is 12.3. The molecule has 0 aliphatic rings. The number of nitrogens with zero attached hydrogens (tertiary/aromatic N) is 3. The molecule has 2 aromatic rings. The van der Waals surface area contributed by atoms with Crippen molar-refractivity contribution >= 4 is 37.7 Å². The monoisotopic (exact) mass is 355 g/mol. The molecule has 0 aliphatic heterocycles. The fraction of sp³-hybridized carbons (Fsp3) is 0.167. The third kappa shape index (κ3) is 3.26. The molecule has 0 spiro atoms. The summed E-state index contributed by atoms with van der Waals surface area (Å²) in [6.07, 6.45) is 5.43. The van der Waals surface area contributed by atoms with Gasteiger partial charge in [-0.3, -0.25) is 4.98 Å². The standard InChI is InChI=1S/C12H11Br2N3/c1-17(8-9-3-2-4-15-6-9)12-11(14)5-10(13)7-16-12/h2-7H,8H2,1H3. The lowest BCUT2D eigenvalue weighted by molar-refractivity contribution is 0.887. The molecular formula is C12H11Br2N3. The van der Waals surface area contributed by atoms with E-state index in [9.17, 15) is 0 Å². The topological polar surface area (TPSA) is 29.0 Å². The first-order valence-electron chi connectivity index (χ1n) is 5.08. The number of hydrogen-bond acceptors (Lipinski definition) is 3. The summed E-state index contributed by atoms with van der Waals surface area (Å²) in [6.45, 7) is 0.779. The molecule has 0 fully saturated rings. The van der Waals surface area contributed by atoms with Gasteiger partial charge in [-0.1, -0.05) is 6.07 Å². The van der Waals surface area contributed by atoms with Crippen LogP contribution in [0.3, 0.4) is 0 Å². The van der Waals surface area contributed by atoms with Crippen LogP contribution in [0.2, 0.25) is 0 Å². The Morgan fingerprint density at radius 1 is 1.29 bits per heavy atom. The van der Waals surface area contributed by atoms with Crippen molar-refractivity contribution in [2.45, 2.75) is 6.54 Å². The molecule has 0 amide bonds. The summed E-state index contributed by atoms with van der Waals surface area (Å²) in [4.78, 5) is 10.6. The number of hydrogen-bond donors (Lipinski definition) is 0. The predicted molar refractivity (Wildman–Crippen MR) is 76.0 cm³/mol. The van der Waals surface area contributed by atoms with E-state index in [1.54, 1.807) is 12.4 Å². The van der Waals surface area contributed by atoms with Crippen LogP contribution in [0.5, 0.6) is 0 Å². The van der Waals surface area contributed by atoms with Crippen LogP contribution in [0.4, 0.5) is 5.82 Å². The molecule has 2 rings (SSSR count). The maximum absolute atomic E-state index is 4.39. The maximum atomic E-state index is 4.39. The molecule has 0 saturated carbocycles. The molecule has 2 heterocycles. The van der Waals surface area contributed by atoms with E-state index in [1.165, 1.54) is 0 Å². The first-order chi connectivity index (χ1) is 8.16. The minimum atomic E-state index is 0.779. The summed E-state index contributed by atoms with van der Waals surface area (Å²) in [7, 11) is 2.01. The van der Waals surface area contributed by atoms with Crippen molar-refractivity contribution in [3.63, 3.8) is 0 Å². The van der Waals surface area contributed by atoms with E-state index in [2.05, 4.69) is 52.8 Å². The normalized spacial score (nSPS) is 10.3. The zero-order valence-corrected chi connectivity index (χ0v) is 12.4. The molecule has 0 atom stereocenters. The van der Waals surface area contributed by atoms with E-state index in [-0.39, 0.29) is 0 Å². The third-order valence-corrected chi connectivity index (χ3v) is 3.31. The van der Waals surface area contributed by atoms with Crippen molar-refractivity contribution in [1.29, 1.82) is 0 Å². The fourth-order valence-electron chi connectivity index (χ4n) is 1.53. The van der Waals surface area contributed by atoms with Gasteiger partial charge in [-0.05, 0) is 49.6 Å². The number of rotatable bonds is 3. The lowest BCUT2D eigenvalue weighted by Gasteiger charge is -2.19. The van der Waals surface area contributed by atoms with Crippen LogP contribution in [-0.2, 0) is 6.54 Å². The van der Waals surface area contributed by atoms with Crippen LogP contribution in [0.1, 0.15) is 5.56 Å². The average Bonchev–Trinajstić information content (AvgIpc) is 2.30.